The number of anilines is 1. The lowest BCUT2D eigenvalue weighted by atomic mass is 10.1. The Bertz CT molecular complexity index is 1080. The van der Waals surface area contributed by atoms with E-state index >= 15 is 0 Å². The number of carbonyl (C=O) groups excluding carboxylic acids is 1. The molecule has 0 aliphatic heterocycles. The average molecular weight is 384 g/mol. The van der Waals surface area contributed by atoms with E-state index < -0.39 is 6.10 Å². The number of para-hydroxylation sites is 1. The van der Waals surface area contributed by atoms with Crippen molar-refractivity contribution in [2.24, 2.45) is 0 Å². The Labute approximate surface area is 168 Å². The molecule has 1 heterocycles. The smallest absolute Gasteiger partial charge is 0.265 e. The third-order valence-electron chi connectivity index (χ3n) is 4.42. The normalized spacial score (nSPS) is 11.6. The summed E-state index contributed by atoms with van der Waals surface area (Å²) in [6.45, 7) is 1.72. The minimum atomic E-state index is -0.614. The van der Waals surface area contributed by atoms with Gasteiger partial charge in [-0.3, -0.25) is 4.79 Å². The number of benzene rings is 3. The van der Waals surface area contributed by atoms with E-state index in [0.717, 1.165) is 16.9 Å². The number of nitrogens with one attached hydrogen (secondary N) is 1. The van der Waals surface area contributed by atoms with Crippen molar-refractivity contribution in [3.05, 3.63) is 91.1 Å². The molecular weight excluding hydrogens is 364 g/mol. The number of hydrogen-bond acceptors (Lipinski definition) is 4. The lowest BCUT2D eigenvalue weighted by Gasteiger charge is -2.15. The number of carbonyl (C=O) groups is 1. The highest BCUT2D eigenvalue weighted by Crippen LogP contribution is 2.22. The summed E-state index contributed by atoms with van der Waals surface area (Å²) in [7, 11) is 0. The largest absolute Gasteiger partial charge is 0.481 e. The Balaban J connectivity index is 1.45. The molecule has 1 unspecified atom stereocenters. The number of rotatable bonds is 6. The quantitative estimate of drug-likeness (QED) is 0.537. The monoisotopic (exact) mass is 384 g/mol. The van der Waals surface area contributed by atoms with Gasteiger partial charge >= 0.3 is 0 Å². The van der Waals surface area contributed by atoms with Gasteiger partial charge in [0.1, 0.15) is 5.75 Å². The van der Waals surface area contributed by atoms with Crippen LogP contribution in [0.15, 0.2) is 91.1 Å². The predicted molar refractivity (Wildman–Crippen MR) is 112 cm³/mol. The second kappa shape index (κ2) is 8.39. The first-order chi connectivity index (χ1) is 14.2. The molecule has 0 bridgehead atoms. The van der Waals surface area contributed by atoms with Gasteiger partial charge in [0.15, 0.2) is 6.10 Å². The van der Waals surface area contributed by atoms with Gasteiger partial charge in [-0.1, -0.05) is 53.7 Å². The SMILES string of the molecule is CC(Oc1ccccc1)C(=O)Nc1ccc(-n2nncc2-c2ccccc2)cc1. The van der Waals surface area contributed by atoms with Gasteiger partial charge in [0.25, 0.3) is 5.91 Å². The fourth-order valence-electron chi connectivity index (χ4n) is 2.92. The van der Waals surface area contributed by atoms with Gasteiger partial charge in [-0.25, -0.2) is 4.68 Å². The molecule has 4 rings (SSSR count). The van der Waals surface area contributed by atoms with Crippen LogP contribution in [0.5, 0.6) is 5.75 Å². The van der Waals surface area contributed by atoms with Crippen LogP contribution in [0.2, 0.25) is 0 Å². The molecule has 6 heteroatoms. The van der Waals surface area contributed by atoms with Crippen LogP contribution in [0.4, 0.5) is 5.69 Å². The molecule has 0 spiro atoms. The molecule has 1 aromatic heterocycles. The molecule has 0 radical (unpaired) electrons. The van der Waals surface area contributed by atoms with Crippen LogP contribution in [-0.4, -0.2) is 27.0 Å². The fraction of sp³-hybridized carbons (Fsp3) is 0.0870. The number of amides is 1. The highest BCUT2D eigenvalue weighted by Gasteiger charge is 2.15. The lowest BCUT2D eigenvalue weighted by Crippen LogP contribution is -2.30. The van der Waals surface area contributed by atoms with Crippen molar-refractivity contribution in [3.63, 3.8) is 0 Å². The fourth-order valence-corrected chi connectivity index (χ4v) is 2.92. The first-order valence-corrected chi connectivity index (χ1v) is 9.30. The van der Waals surface area contributed by atoms with Crippen LogP contribution < -0.4 is 10.1 Å². The molecule has 0 saturated carbocycles. The van der Waals surface area contributed by atoms with E-state index in [9.17, 15) is 4.79 Å². The molecular formula is C23H20N4O2. The molecule has 0 fully saturated rings. The predicted octanol–water partition coefficient (Wildman–Crippen LogP) is 4.34. The van der Waals surface area contributed by atoms with Crippen LogP contribution in [0.3, 0.4) is 0 Å². The summed E-state index contributed by atoms with van der Waals surface area (Å²) in [5, 5.41) is 11.1. The Morgan fingerprint density at radius 3 is 2.28 bits per heavy atom. The Kier molecular flexibility index (Phi) is 5.33. The van der Waals surface area contributed by atoms with Crippen molar-refractivity contribution in [1.29, 1.82) is 0 Å². The van der Waals surface area contributed by atoms with Crippen LogP contribution in [0, 0.1) is 0 Å². The third-order valence-corrected chi connectivity index (χ3v) is 4.42. The zero-order valence-corrected chi connectivity index (χ0v) is 15.9. The molecule has 29 heavy (non-hydrogen) atoms. The molecule has 0 aliphatic carbocycles. The number of nitrogens with zero attached hydrogens (tertiary/aromatic N) is 3. The van der Waals surface area contributed by atoms with Crippen LogP contribution in [0.1, 0.15) is 6.92 Å². The van der Waals surface area contributed by atoms with Crippen molar-refractivity contribution in [1.82, 2.24) is 15.0 Å². The maximum atomic E-state index is 12.4. The van der Waals surface area contributed by atoms with Gasteiger partial charge in [-0.2, -0.15) is 0 Å². The zero-order valence-electron chi connectivity index (χ0n) is 15.9. The van der Waals surface area contributed by atoms with E-state index in [4.69, 9.17) is 4.74 Å². The number of ether oxygens (including phenoxy) is 1. The summed E-state index contributed by atoms with van der Waals surface area (Å²) in [4.78, 5) is 12.4. The van der Waals surface area contributed by atoms with Crippen molar-refractivity contribution in [2.75, 3.05) is 5.32 Å². The lowest BCUT2D eigenvalue weighted by molar-refractivity contribution is -0.122. The van der Waals surface area contributed by atoms with E-state index in [2.05, 4.69) is 15.6 Å². The van der Waals surface area contributed by atoms with Crippen LogP contribution in [0.25, 0.3) is 16.9 Å². The topological polar surface area (TPSA) is 69.0 Å². The summed E-state index contributed by atoms with van der Waals surface area (Å²) >= 11 is 0. The van der Waals surface area contributed by atoms with Gasteiger partial charge in [0.05, 0.1) is 17.6 Å². The summed E-state index contributed by atoms with van der Waals surface area (Å²) in [6.07, 6.45) is 1.12. The maximum Gasteiger partial charge on any atom is 0.265 e. The minimum absolute atomic E-state index is 0.215. The highest BCUT2D eigenvalue weighted by molar-refractivity contribution is 5.94. The zero-order chi connectivity index (χ0) is 20.1. The molecule has 0 aliphatic rings. The first-order valence-electron chi connectivity index (χ1n) is 9.30. The van der Waals surface area contributed by atoms with Crippen molar-refractivity contribution in [2.45, 2.75) is 13.0 Å². The second-order valence-electron chi connectivity index (χ2n) is 6.51. The van der Waals surface area contributed by atoms with Crippen molar-refractivity contribution < 1.29 is 9.53 Å². The van der Waals surface area contributed by atoms with E-state index in [0.29, 0.717) is 11.4 Å². The van der Waals surface area contributed by atoms with Crippen molar-refractivity contribution in [3.8, 4) is 22.7 Å². The summed E-state index contributed by atoms with van der Waals surface area (Å²) in [6, 6.07) is 26.7. The average Bonchev–Trinajstić information content (AvgIpc) is 3.25. The van der Waals surface area contributed by atoms with Crippen LogP contribution >= 0.6 is 0 Å². The molecule has 3 aromatic carbocycles. The molecule has 1 amide bonds. The van der Waals surface area contributed by atoms with E-state index in [-0.39, 0.29) is 5.91 Å². The highest BCUT2D eigenvalue weighted by atomic mass is 16.5. The first kappa shape index (κ1) is 18.4. The van der Waals surface area contributed by atoms with Crippen LogP contribution in [-0.2, 0) is 4.79 Å². The van der Waals surface area contributed by atoms with E-state index in [1.54, 1.807) is 17.8 Å². The van der Waals surface area contributed by atoms with Gasteiger partial charge in [0, 0.05) is 11.3 Å². The summed E-state index contributed by atoms with van der Waals surface area (Å²) in [5.74, 6) is 0.442. The number of aromatic nitrogens is 3. The molecule has 1 atom stereocenters. The maximum absolute atomic E-state index is 12.4. The minimum Gasteiger partial charge on any atom is -0.481 e. The van der Waals surface area contributed by atoms with E-state index in [1.807, 2.05) is 84.9 Å². The van der Waals surface area contributed by atoms with Crippen molar-refractivity contribution >= 4 is 11.6 Å². The Hall–Kier alpha value is -3.93. The standard InChI is InChI=1S/C23H20N4O2/c1-17(29-21-10-6-3-7-11-21)23(28)25-19-12-14-20(15-13-19)27-22(16-24-26-27)18-8-4-2-5-9-18/h2-17H,1H3,(H,25,28). The molecule has 6 nitrogen and oxygen atoms in total. The third kappa shape index (κ3) is 4.32. The Morgan fingerprint density at radius 1 is 0.931 bits per heavy atom. The second-order valence-corrected chi connectivity index (χ2v) is 6.51. The molecule has 144 valence electrons. The van der Waals surface area contributed by atoms with Gasteiger partial charge in [-0.05, 0) is 43.3 Å². The van der Waals surface area contributed by atoms with Gasteiger partial charge in [-0.15, -0.1) is 5.10 Å². The molecule has 0 saturated heterocycles. The summed E-state index contributed by atoms with van der Waals surface area (Å²) in [5.41, 5.74) is 3.46. The van der Waals surface area contributed by atoms with Gasteiger partial charge in [0.2, 0.25) is 0 Å². The van der Waals surface area contributed by atoms with Gasteiger partial charge < -0.3 is 10.1 Å². The molecule has 1 N–H and O–H groups in total. The Morgan fingerprint density at radius 2 is 1.59 bits per heavy atom. The number of hydrogen-bond donors (Lipinski definition) is 1. The molecule has 4 aromatic rings. The van der Waals surface area contributed by atoms with E-state index in [1.165, 1.54) is 0 Å². The summed E-state index contributed by atoms with van der Waals surface area (Å²) < 4.78 is 7.43.